The van der Waals surface area contributed by atoms with Crippen molar-refractivity contribution in [2.24, 2.45) is 0 Å². The average molecular weight is 355 g/mol. The van der Waals surface area contributed by atoms with E-state index in [0.29, 0.717) is 18.0 Å². The molecule has 1 N–H and O–H groups in total. The van der Waals surface area contributed by atoms with Gasteiger partial charge in [-0.1, -0.05) is 0 Å². The Hall–Kier alpha value is -1.63. The summed E-state index contributed by atoms with van der Waals surface area (Å²) >= 11 is 3.44. The molecule has 0 unspecified atom stereocenters. The van der Waals surface area contributed by atoms with Crippen molar-refractivity contribution in [1.82, 2.24) is 19.9 Å². The normalized spacial score (nSPS) is 11.7. The molecule has 0 spiro atoms. The number of aryl methyl sites for hydroxylation is 1. The number of aromatic nitrogens is 3. The summed E-state index contributed by atoms with van der Waals surface area (Å²) in [7, 11) is 1.68. The molecule has 0 aliphatic heterocycles. The Kier molecular flexibility index (Phi) is 4.22. The Morgan fingerprint density at radius 2 is 2.10 bits per heavy atom. The monoisotopic (exact) mass is 354 g/mol. The number of carbonyl (C=O) groups excluding carboxylic acids is 1. The van der Waals surface area contributed by atoms with Gasteiger partial charge in [-0.15, -0.1) is 0 Å². The molecule has 0 fully saturated rings. The Balaban J connectivity index is 2.14. The van der Waals surface area contributed by atoms with E-state index in [1.54, 1.807) is 7.05 Å². The number of amides is 1. The number of imidazole rings is 1. The fourth-order valence-electron chi connectivity index (χ4n) is 1.76. The lowest BCUT2D eigenvalue weighted by molar-refractivity contribution is 0.0281. The minimum atomic E-state index is -0.511. The summed E-state index contributed by atoms with van der Waals surface area (Å²) in [6.07, 6.45) is -0.381. The number of ether oxygens (including phenoxy) is 1. The molecule has 0 aromatic carbocycles. The van der Waals surface area contributed by atoms with Crippen LogP contribution in [0.2, 0.25) is 0 Å². The van der Waals surface area contributed by atoms with Crippen LogP contribution in [0, 0.1) is 6.92 Å². The van der Waals surface area contributed by atoms with Gasteiger partial charge in [0.15, 0.2) is 5.65 Å². The number of nitrogens with one attached hydrogen (secondary N) is 1. The van der Waals surface area contributed by atoms with Crippen molar-refractivity contribution in [3.63, 3.8) is 0 Å². The van der Waals surface area contributed by atoms with E-state index in [0.717, 1.165) is 15.7 Å². The van der Waals surface area contributed by atoms with Crippen molar-refractivity contribution < 1.29 is 9.53 Å². The number of pyridine rings is 1. The smallest absolute Gasteiger partial charge is 0.410 e. The first-order chi connectivity index (χ1) is 9.65. The summed E-state index contributed by atoms with van der Waals surface area (Å²) in [4.78, 5) is 25.3. The summed E-state index contributed by atoms with van der Waals surface area (Å²) in [6.45, 7) is 7.76. The maximum Gasteiger partial charge on any atom is 0.410 e. The van der Waals surface area contributed by atoms with E-state index in [4.69, 9.17) is 4.74 Å². The second-order valence-electron chi connectivity index (χ2n) is 5.95. The SMILES string of the molecule is Cc1nc2nc(CN(C)C(=O)OC(C)(C)C)[nH]c2cc1Br. The fraction of sp³-hybridized carbons (Fsp3) is 0.500. The van der Waals surface area contributed by atoms with Crippen molar-refractivity contribution >= 4 is 33.2 Å². The molecule has 0 aliphatic carbocycles. The molecule has 0 atom stereocenters. The van der Waals surface area contributed by atoms with Crippen LogP contribution in [-0.4, -0.2) is 38.6 Å². The lowest BCUT2D eigenvalue weighted by Crippen LogP contribution is -2.34. The highest BCUT2D eigenvalue weighted by molar-refractivity contribution is 9.10. The molecule has 2 heterocycles. The molecule has 0 saturated carbocycles. The molecule has 21 heavy (non-hydrogen) atoms. The number of aromatic amines is 1. The van der Waals surface area contributed by atoms with Gasteiger partial charge >= 0.3 is 6.09 Å². The van der Waals surface area contributed by atoms with Gasteiger partial charge in [0.25, 0.3) is 0 Å². The Bertz CT molecular complexity index is 636. The molecule has 0 saturated heterocycles. The third-order valence-electron chi connectivity index (χ3n) is 2.74. The van der Waals surface area contributed by atoms with Crippen LogP contribution in [0.5, 0.6) is 0 Å². The van der Waals surface area contributed by atoms with Crippen molar-refractivity contribution in [1.29, 1.82) is 0 Å². The zero-order valence-corrected chi connectivity index (χ0v) is 14.4. The highest BCUT2D eigenvalue weighted by Crippen LogP contribution is 2.20. The Morgan fingerprint density at radius 1 is 1.43 bits per heavy atom. The van der Waals surface area contributed by atoms with Gasteiger partial charge in [-0.05, 0) is 49.7 Å². The first kappa shape index (κ1) is 15.8. The molecule has 7 heteroatoms. The largest absolute Gasteiger partial charge is 0.444 e. The second-order valence-corrected chi connectivity index (χ2v) is 6.80. The van der Waals surface area contributed by atoms with E-state index in [9.17, 15) is 4.79 Å². The van der Waals surface area contributed by atoms with Gasteiger partial charge in [-0.3, -0.25) is 0 Å². The Labute approximate surface area is 132 Å². The topological polar surface area (TPSA) is 71.1 Å². The molecule has 114 valence electrons. The predicted octanol–water partition coefficient (Wildman–Crippen LogP) is 3.40. The zero-order valence-electron chi connectivity index (χ0n) is 12.8. The van der Waals surface area contributed by atoms with E-state index in [-0.39, 0.29) is 6.09 Å². The summed E-state index contributed by atoms with van der Waals surface area (Å²) in [6, 6.07) is 1.93. The second kappa shape index (κ2) is 5.63. The molecule has 2 aromatic heterocycles. The van der Waals surface area contributed by atoms with Gasteiger partial charge in [0.2, 0.25) is 0 Å². The lowest BCUT2D eigenvalue weighted by Gasteiger charge is -2.24. The van der Waals surface area contributed by atoms with E-state index in [1.807, 2.05) is 33.8 Å². The van der Waals surface area contributed by atoms with Gasteiger partial charge in [-0.2, -0.15) is 0 Å². The molecule has 1 amide bonds. The van der Waals surface area contributed by atoms with Crippen molar-refractivity contribution in [3.8, 4) is 0 Å². The highest BCUT2D eigenvalue weighted by atomic mass is 79.9. The van der Waals surface area contributed by atoms with Gasteiger partial charge in [-0.25, -0.2) is 14.8 Å². The molecule has 0 radical (unpaired) electrons. The summed E-state index contributed by atoms with van der Waals surface area (Å²) < 4.78 is 6.23. The van der Waals surface area contributed by atoms with Gasteiger partial charge in [0, 0.05) is 11.5 Å². The molecule has 0 bridgehead atoms. The van der Waals surface area contributed by atoms with Crippen LogP contribution in [0.15, 0.2) is 10.5 Å². The molecule has 2 rings (SSSR count). The summed E-state index contributed by atoms with van der Waals surface area (Å²) in [5, 5.41) is 0. The third-order valence-corrected chi connectivity index (χ3v) is 3.55. The average Bonchev–Trinajstić information content (AvgIpc) is 2.68. The number of rotatable bonds is 2. The van der Waals surface area contributed by atoms with Crippen LogP contribution in [0.25, 0.3) is 11.2 Å². The van der Waals surface area contributed by atoms with Crippen LogP contribution in [0.1, 0.15) is 32.3 Å². The first-order valence-electron chi connectivity index (χ1n) is 6.61. The number of hydrogen-bond acceptors (Lipinski definition) is 4. The Morgan fingerprint density at radius 3 is 2.71 bits per heavy atom. The van der Waals surface area contributed by atoms with E-state index in [1.165, 1.54) is 4.90 Å². The summed E-state index contributed by atoms with van der Waals surface area (Å²) in [5.41, 5.74) is 1.84. The van der Waals surface area contributed by atoms with Gasteiger partial charge in [0.1, 0.15) is 11.4 Å². The van der Waals surface area contributed by atoms with Crippen LogP contribution in [0.4, 0.5) is 4.79 Å². The highest BCUT2D eigenvalue weighted by Gasteiger charge is 2.20. The van der Waals surface area contributed by atoms with Gasteiger partial charge in [0.05, 0.1) is 17.8 Å². The summed E-state index contributed by atoms with van der Waals surface area (Å²) in [5.74, 6) is 0.670. The minimum Gasteiger partial charge on any atom is -0.444 e. The van der Waals surface area contributed by atoms with Gasteiger partial charge < -0.3 is 14.6 Å². The predicted molar refractivity (Wildman–Crippen MR) is 84.0 cm³/mol. The molecular weight excluding hydrogens is 336 g/mol. The van der Waals surface area contributed by atoms with Crippen molar-refractivity contribution in [2.75, 3.05) is 7.05 Å². The fourth-order valence-corrected chi connectivity index (χ4v) is 2.08. The van der Waals surface area contributed by atoms with E-state index < -0.39 is 5.60 Å². The number of fused-ring (bicyclic) bond motifs is 1. The van der Waals surface area contributed by atoms with Crippen LogP contribution >= 0.6 is 15.9 Å². The number of halogens is 1. The van der Waals surface area contributed by atoms with E-state index in [2.05, 4.69) is 30.9 Å². The van der Waals surface area contributed by atoms with Crippen LogP contribution < -0.4 is 0 Å². The number of carbonyl (C=O) groups is 1. The standard InChI is InChI=1S/C14H19BrN4O2/c1-8-9(15)6-10-12(16-8)18-11(17-10)7-19(5)13(20)21-14(2,3)4/h6H,7H2,1-5H3,(H,16,17,18). The molecular formula is C14H19BrN4O2. The quantitative estimate of drug-likeness (QED) is 0.896. The maximum absolute atomic E-state index is 11.9. The van der Waals surface area contributed by atoms with E-state index >= 15 is 0 Å². The number of H-pyrrole nitrogens is 1. The number of nitrogens with zero attached hydrogens (tertiary/aromatic N) is 3. The minimum absolute atomic E-state index is 0.335. The van der Waals surface area contributed by atoms with Crippen LogP contribution in [0.3, 0.4) is 0 Å². The zero-order chi connectivity index (χ0) is 15.8. The van der Waals surface area contributed by atoms with Crippen LogP contribution in [-0.2, 0) is 11.3 Å². The third kappa shape index (κ3) is 3.93. The lowest BCUT2D eigenvalue weighted by atomic mass is 10.2. The molecule has 0 aliphatic rings. The molecule has 6 nitrogen and oxygen atoms in total. The van der Waals surface area contributed by atoms with Crippen molar-refractivity contribution in [2.45, 2.75) is 39.8 Å². The van der Waals surface area contributed by atoms with Crippen molar-refractivity contribution in [3.05, 3.63) is 22.1 Å². The first-order valence-corrected chi connectivity index (χ1v) is 7.41. The molecule has 2 aromatic rings. The number of hydrogen-bond donors (Lipinski definition) is 1. The maximum atomic E-state index is 11.9.